The minimum absolute atomic E-state index is 0.0105. The number of hydrogen-bond donors (Lipinski definition) is 1. The standard InChI is InChI=1S/C29H20FN3O5S2/c1-37-19-10-6-9-17(13-19)24-23(25(34)22-14-16-7-3-5-12-21(16)38-22)26(35)27(36)33(24)28-31-32-29(40-28)39-15-18-8-2-4-11-20(18)30/h2-14,24,35H,15H2,1H3. The fraction of sp³-hybridized carbons (Fsp3) is 0.103. The lowest BCUT2D eigenvalue weighted by Gasteiger charge is -2.24. The molecule has 0 aliphatic carbocycles. The van der Waals surface area contributed by atoms with Gasteiger partial charge in [0.05, 0.1) is 18.7 Å². The van der Waals surface area contributed by atoms with Crippen LogP contribution < -0.4 is 9.64 Å². The second-order valence-corrected chi connectivity index (χ2v) is 11.0. The van der Waals surface area contributed by atoms with Crippen molar-refractivity contribution in [3.63, 3.8) is 0 Å². The maximum absolute atomic E-state index is 14.1. The molecule has 2 aromatic heterocycles. The SMILES string of the molecule is COc1cccc(C2C(C(=O)c3cc4ccccc4o3)=C(O)C(=O)N2c2nnc(SCc3ccccc3F)s2)c1. The van der Waals surface area contributed by atoms with Gasteiger partial charge in [-0.05, 0) is 41.5 Å². The van der Waals surface area contributed by atoms with E-state index in [4.69, 9.17) is 9.15 Å². The molecule has 3 heterocycles. The smallest absolute Gasteiger partial charge is 0.296 e. The molecule has 1 aliphatic rings. The summed E-state index contributed by atoms with van der Waals surface area (Å²) in [6, 6.07) is 21.0. The van der Waals surface area contributed by atoms with Crippen LogP contribution in [0.2, 0.25) is 0 Å². The minimum atomic E-state index is -1.03. The van der Waals surface area contributed by atoms with Crippen LogP contribution in [0.25, 0.3) is 11.0 Å². The third-order valence-corrected chi connectivity index (χ3v) is 8.53. The molecule has 1 aliphatic heterocycles. The normalized spacial score (nSPS) is 15.3. The number of benzene rings is 3. The van der Waals surface area contributed by atoms with Crippen LogP contribution >= 0.6 is 23.1 Å². The van der Waals surface area contributed by atoms with E-state index < -0.39 is 23.5 Å². The Morgan fingerprint density at radius 1 is 1.10 bits per heavy atom. The van der Waals surface area contributed by atoms with Gasteiger partial charge in [0.25, 0.3) is 5.91 Å². The topological polar surface area (TPSA) is 106 Å². The van der Waals surface area contributed by atoms with Crippen LogP contribution in [0, 0.1) is 5.82 Å². The molecule has 11 heteroatoms. The molecule has 0 saturated carbocycles. The number of Topliss-reactive ketones (excluding diaryl/α,β-unsaturated/α-hetero) is 1. The summed E-state index contributed by atoms with van der Waals surface area (Å²) in [5.74, 6) is -1.64. The van der Waals surface area contributed by atoms with E-state index >= 15 is 0 Å². The Kier molecular flexibility index (Phi) is 6.82. The third kappa shape index (κ3) is 4.63. The first-order valence-corrected chi connectivity index (χ1v) is 13.9. The van der Waals surface area contributed by atoms with Gasteiger partial charge in [0.1, 0.15) is 17.1 Å². The monoisotopic (exact) mass is 573 g/mol. The van der Waals surface area contributed by atoms with Gasteiger partial charge in [-0.2, -0.15) is 0 Å². The van der Waals surface area contributed by atoms with E-state index in [1.165, 1.54) is 29.8 Å². The van der Waals surface area contributed by atoms with Crippen LogP contribution in [-0.2, 0) is 10.5 Å². The number of aliphatic hydroxyl groups excluding tert-OH is 1. The first kappa shape index (κ1) is 25.8. The van der Waals surface area contributed by atoms with E-state index in [1.54, 1.807) is 66.7 Å². The number of nitrogens with zero attached hydrogens (tertiary/aromatic N) is 3. The van der Waals surface area contributed by atoms with Crippen LogP contribution in [0.15, 0.2) is 99.0 Å². The van der Waals surface area contributed by atoms with Gasteiger partial charge in [0, 0.05) is 11.1 Å². The number of anilines is 1. The summed E-state index contributed by atoms with van der Waals surface area (Å²) < 4.78 is 25.7. The van der Waals surface area contributed by atoms with E-state index in [9.17, 15) is 19.1 Å². The number of methoxy groups -OCH3 is 1. The van der Waals surface area contributed by atoms with E-state index in [2.05, 4.69) is 10.2 Å². The van der Waals surface area contributed by atoms with Crippen molar-refractivity contribution in [2.24, 2.45) is 0 Å². The quantitative estimate of drug-likeness (QED) is 0.127. The van der Waals surface area contributed by atoms with Crippen LogP contribution in [0.3, 0.4) is 0 Å². The number of hydrogen-bond acceptors (Lipinski definition) is 9. The zero-order chi connectivity index (χ0) is 27.8. The third-order valence-electron chi connectivity index (χ3n) is 6.42. The maximum atomic E-state index is 14.1. The van der Waals surface area contributed by atoms with Crippen molar-refractivity contribution in [1.82, 2.24) is 10.2 Å². The molecule has 8 nitrogen and oxygen atoms in total. The lowest BCUT2D eigenvalue weighted by atomic mass is 9.95. The van der Waals surface area contributed by atoms with Crippen LogP contribution in [0.1, 0.15) is 27.7 Å². The van der Waals surface area contributed by atoms with Gasteiger partial charge in [-0.15, -0.1) is 10.2 Å². The first-order valence-electron chi connectivity index (χ1n) is 12.1. The summed E-state index contributed by atoms with van der Waals surface area (Å²) in [5.41, 5.74) is 1.39. The second-order valence-electron chi connectivity index (χ2n) is 8.82. The summed E-state index contributed by atoms with van der Waals surface area (Å²) >= 11 is 2.37. The average Bonchev–Trinajstić information content (AvgIpc) is 3.69. The molecule has 1 atom stereocenters. The van der Waals surface area contributed by atoms with Crippen LogP contribution in [0.4, 0.5) is 9.52 Å². The zero-order valence-electron chi connectivity index (χ0n) is 20.9. The van der Waals surface area contributed by atoms with Crippen molar-refractivity contribution in [1.29, 1.82) is 0 Å². The molecule has 0 fully saturated rings. The van der Waals surface area contributed by atoms with Gasteiger partial charge in [-0.3, -0.25) is 14.5 Å². The number of aromatic nitrogens is 2. The average molecular weight is 574 g/mol. The Labute approximate surface area is 235 Å². The van der Waals surface area contributed by atoms with E-state index in [0.717, 1.165) is 11.3 Å². The molecule has 5 aromatic rings. The lowest BCUT2D eigenvalue weighted by molar-refractivity contribution is -0.117. The Morgan fingerprint density at radius 2 is 1.90 bits per heavy atom. The molecule has 1 N–H and O–H groups in total. The molecule has 3 aromatic carbocycles. The van der Waals surface area contributed by atoms with Crippen LogP contribution in [-0.4, -0.2) is 34.1 Å². The van der Waals surface area contributed by atoms with Crippen molar-refractivity contribution in [3.8, 4) is 5.75 Å². The number of furan rings is 1. The summed E-state index contributed by atoms with van der Waals surface area (Å²) in [6.45, 7) is 0. The number of carbonyl (C=O) groups is 2. The molecule has 0 bridgehead atoms. The fourth-order valence-electron chi connectivity index (χ4n) is 4.50. The summed E-state index contributed by atoms with van der Waals surface area (Å²) in [6.07, 6.45) is 0. The Balaban J connectivity index is 1.38. The van der Waals surface area contributed by atoms with Gasteiger partial charge in [0.15, 0.2) is 15.9 Å². The molecule has 1 amide bonds. The molecule has 6 rings (SSSR count). The predicted octanol–water partition coefficient (Wildman–Crippen LogP) is 6.51. The minimum Gasteiger partial charge on any atom is -0.503 e. The van der Waals surface area contributed by atoms with Gasteiger partial charge >= 0.3 is 0 Å². The van der Waals surface area contributed by atoms with Gasteiger partial charge in [0.2, 0.25) is 10.9 Å². The number of ether oxygens (including phenoxy) is 1. The zero-order valence-corrected chi connectivity index (χ0v) is 22.5. The van der Waals surface area contributed by atoms with Gasteiger partial charge < -0.3 is 14.3 Å². The number of para-hydroxylation sites is 1. The number of ketones is 1. The molecule has 0 saturated heterocycles. The highest BCUT2D eigenvalue weighted by atomic mass is 32.2. The van der Waals surface area contributed by atoms with E-state index in [0.29, 0.717) is 37.9 Å². The maximum Gasteiger partial charge on any atom is 0.296 e. The predicted molar refractivity (Wildman–Crippen MR) is 149 cm³/mol. The summed E-state index contributed by atoms with van der Waals surface area (Å²) in [7, 11) is 1.51. The van der Waals surface area contributed by atoms with E-state index in [1.807, 2.05) is 6.07 Å². The molecule has 200 valence electrons. The highest BCUT2D eigenvalue weighted by molar-refractivity contribution is 8.00. The molecular formula is C29H20FN3O5S2. The van der Waals surface area contributed by atoms with Crippen molar-refractivity contribution >= 4 is 50.9 Å². The molecule has 0 spiro atoms. The molecule has 1 unspecified atom stereocenters. The first-order chi connectivity index (χ1) is 19.4. The Morgan fingerprint density at radius 3 is 2.70 bits per heavy atom. The van der Waals surface area contributed by atoms with E-state index in [-0.39, 0.29) is 22.3 Å². The molecule has 0 radical (unpaired) electrons. The Hall–Kier alpha value is -4.48. The van der Waals surface area contributed by atoms with Gasteiger partial charge in [-0.1, -0.05) is 71.6 Å². The number of rotatable bonds is 8. The molecular weight excluding hydrogens is 553 g/mol. The molecule has 40 heavy (non-hydrogen) atoms. The number of fused-ring (bicyclic) bond motifs is 1. The van der Waals surface area contributed by atoms with Crippen molar-refractivity contribution < 1.29 is 28.2 Å². The van der Waals surface area contributed by atoms with Crippen molar-refractivity contribution in [2.45, 2.75) is 16.1 Å². The fourth-order valence-corrected chi connectivity index (χ4v) is 6.36. The number of amides is 1. The summed E-state index contributed by atoms with van der Waals surface area (Å²) in [5, 5.41) is 20.3. The van der Waals surface area contributed by atoms with Crippen LogP contribution in [0.5, 0.6) is 5.75 Å². The number of aliphatic hydroxyl groups is 1. The van der Waals surface area contributed by atoms with Crippen molar-refractivity contribution in [3.05, 3.63) is 113 Å². The Bertz CT molecular complexity index is 1760. The number of halogens is 1. The highest BCUT2D eigenvalue weighted by Gasteiger charge is 2.47. The number of thioether (sulfide) groups is 1. The number of carbonyl (C=O) groups excluding carboxylic acids is 2. The van der Waals surface area contributed by atoms with Gasteiger partial charge in [-0.25, -0.2) is 4.39 Å². The van der Waals surface area contributed by atoms with Crippen molar-refractivity contribution in [2.75, 3.05) is 12.0 Å². The lowest BCUT2D eigenvalue weighted by Crippen LogP contribution is -2.31. The highest BCUT2D eigenvalue weighted by Crippen LogP contribution is 2.44. The largest absolute Gasteiger partial charge is 0.503 e. The summed E-state index contributed by atoms with van der Waals surface area (Å²) in [4.78, 5) is 28.5. The second kappa shape index (κ2) is 10.6.